The predicted octanol–water partition coefficient (Wildman–Crippen LogP) is 2.43. The van der Waals surface area contributed by atoms with Crippen LogP contribution in [0.5, 0.6) is 0 Å². The van der Waals surface area contributed by atoms with Gasteiger partial charge in [0.1, 0.15) is 10.1 Å². The third kappa shape index (κ3) is 7.40. The fourth-order valence-electron chi connectivity index (χ4n) is 3.13. The van der Waals surface area contributed by atoms with Crippen molar-refractivity contribution >= 4 is 20.9 Å². The van der Waals surface area contributed by atoms with E-state index < -0.39 is 10.1 Å². The van der Waals surface area contributed by atoms with Crippen LogP contribution in [0.25, 0.3) is 10.8 Å². The molecular formula is C20H27NaO3S. The Morgan fingerprint density at radius 2 is 1.52 bits per heavy atom. The van der Waals surface area contributed by atoms with Crippen LogP contribution >= 0.6 is 0 Å². The fraction of sp³-hybridized carbons (Fsp3) is 0.500. The van der Waals surface area contributed by atoms with E-state index in [1.54, 1.807) is 6.07 Å². The van der Waals surface area contributed by atoms with E-state index in [0.717, 1.165) is 23.8 Å². The Hall–Kier alpha value is -0.390. The summed E-state index contributed by atoms with van der Waals surface area (Å²) in [6, 6.07) is 10.6. The number of hydrogen-bond donors (Lipinski definition) is 0. The van der Waals surface area contributed by atoms with Gasteiger partial charge in [0.2, 0.25) is 0 Å². The molecular weight excluding hydrogens is 343 g/mol. The maximum atomic E-state index is 11.4. The largest absolute Gasteiger partial charge is 1.00 e. The minimum atomic E-state index is -4.44. The molecule has 5 heteroatoms. The van der Waals surface area contributed by atoms with E-state index in [0.29, 0.717) is 5.39 Å². The molecule has 0 radical (unpaired) electrons. The van der Waals surface area contributed by atoms with Crippen molar-refractivity contribution in [3.05, 3.63) is 42.0 Å². The molecule has 0 heterocycles. The SMILES string of the molecule is CCCCCCCCCCc1ccc2cccc(S(=O)(=O)[O-])c2c1.[Na+]. The van der Waals surface area contributed by atoms with Crippen LogP contribution in [0, 0.1) is 0 Å². The minimum absolute atomic E-state index is 0. The van der Waals surface area contributed by atoms with Crippen molar-refractivity contribution in [3.8, 4) is 0 Å². The molecule has 0 saturated heterocycles. The van der Waals surface area contributed by atoms with Crippen molar-refractivity contribution < 1.29 is 42.5 Å². The third-order valence-electron chi connectivity index (χ3n) is 4.49. The van der Waals surface area contributed by atoms with Crippen LogP contribution in [-0.4, -0.2) is 13.0 Å². The first kappa shape index (κ1) is 22.7. The van der Waals surface area contributed by atoms with E-state index in [1.807, 2.05) is 24.3 Å². The van der Waals surface area contributed by atoms with E-state index in [9.17, 15) is 13.0 Å². The summed E-state index contributed by atoms with van der Waals surface area (Å²) >= 11 is 0. The summed E-state index contributed by atoms with van der Waals surface area (Å²) in [6.07, 6.45) is 11.1. The Morgan fingerprint density at radius 1 is 0.880 bits per heavy atom. The summed E-state index contributed by atoms with van der Waals surface area (Å²) in [4.78, 5) is -0.113. The third-order valence-corrected chi connectivity index (χ3v) is 5.39. The van der Waals surface area contributed by atoms with Gasteiger partial charge in [-0.1, -0.05) is 76.1 Å². The van der Waals surface area contributed by atoms with Gasteiger partial charge in [0.05, 0.1) is 4.90 Å². The first-order valence-corrected chi connectivity index (χ1v) is 10.4. The Balaban J connectivity index is 0.00000312. The molecule has 0 N–H and O–H groups in total. The summed E-state index contributed by atoms with van der Waals surface area (Å²) in [5.41, 5.74) is 1.10. The normalized spacial score (nSPS) is 11.4. The summed E-state index contributed by atoms with van der Waals surface area (Å²) in [6.45, 7) is 2.23. The molecule has 132 valence electrons. The van der Waals surface area contributed by atoms with Gasteiger partial charge < -0.3 is 4.55 Å². The van der Waals surface area contributed by atoms with Crippen molar-refractivity contribution in [1.29, 1.82) is 0 Å². The van der Waals surface area contributed by atoms with Gasteiger partial charge in [0.25, 0.3) is 0 Å². The molecule has 0 bridgehead atoms. The van der Waals surface area contributed by atoms with E-state index in [-0.39, 0.29) is 34.5 Å². The average Bonchev–Trinajstić information content (AvgIpc) is 2.55. The maximum Gasteiger partial charge on any atom is 1.00 e. The van der Waals surface area contributed by atoms with Crippen molar-refractivity contribution in [1.82, 2.24) is 0 Å². The number of fused-ring (bicyclic) bond motifs is 1. The minimum Gasteiger partial charge on any atom is -0.744 e. The molecule has 0 aliphatic heterocycles. The summed E-state index contributed by atoms with van der Waals surface area (Å²) < 4.78 is 34.2. The second kappa shape index (κ2) is 11.3. The van der Waals surface area contributed by atoms with Crippen LogP contribution in [0.1, 0.15) is 63.9 Å². The predicted molar refractivity (Wildman–Crippen MR) is 98.2 cm³/mol. The van der Waals surface area contributed by atoms with Crippen molar-refractivity contribution in [2.24, 2.45) is 0 Å². The molecule has 2 rings (SSSR count). The van der Waals surface area contributed by atoms with Gasteiger partial charge in [-0.25, -0.2) is 8.42 Å². The van der Waals surface area contributed by atoms with Gasteiger partial charge in [-0.15, -0.1) is 0 Å². The van der Waals surface area contributed by atoms with Crippen LogP contribution in [-0.2, 0) is 16.5 Å². The number of rotatable bonds is 10. The van der Waals surface area contributed by atoms with Crippen LogP contribution in [0.3, 0.4) is 0 Å². The summed E-state index contributed by atoms with van der Waals surface area (Å²) in [7, 11) is -4.44. The van der Waals surface area contributed by atoms with E-state index >= 15 is 0 Å². The van der Waals surface area contributed by atoms with Gasteiger partial charge >= 0.3 is 29.6 Å². The zero-order valence-corrected chi connectivity index (χ0v) is 18.3. The molecule has 2 aromatic carbocycles. The monoisotopic (exact) mass is 370 g/mol. The number of unbranched alkanes of at least 4 members (excludes halogenated alkanes) is 7. The molecule has 0 aromatic heterocycles. The van der Waals surface area contributed by atoms with Crippen molar-refractivity contribution in [2.75, 3.05) is 0 Å². The summed E-state index contributed by atoms with van der Waals surface area (Å²) in [5.74, 6) is 0. The standard InChI is InChI=1S/C20H28O3S.Na/c1-2-3-4-5-6-7-8-9-11-17-14-15-18-12-10-13-20(19(18)16-17)24(21,22)23;/h10,12-16H,2-9,11H2,1H3,(H,21,22,23);/q;+1/p-1. The quantitative estimate of drug-likeness (QED) is 0.367. The number of hydrogen-bond acceptors (Lipinski definition) is 3. The molecule has 0 saturated carbocycles. The molecule has 0 fully saturated rings. The van der Waals surface area contributed by atoms with Gasteiger partial charge in [-0.2, -0.15) is 0 Å². The van der Waals surface area contributed by atoms with Gasteiger partial charge in [0, 0.05) is 0 Å². The number of benzene rings is 2. The van der Waals surface area contributed by atoms with Gasteiger partial charge in [0.15, 0.2) is 0 Å². The molecule has 0 unspecified atom stereocenters. The molecule has 0 aliphatic carbocycles. The van der Waals surface area contributed by atoms with Crippen LogP contribution in [0.2, 0.25) is 0 Å². The summed E-state index contributed by atoms with van der Waals surface area (Å²) in [5, 5.41) is 1.34. The molecule has 0 atom stereocenters. The topological polar surface area (TPSA) is 57.2 Å². The van der Waals surface area contributed by atoms with Gasteiger partial charge in [-0.3, -0.25) is 0 Å². The van der Waals surface area contributed by atoms with E-state index in [2.05, 4.69) is 6.92 Å². The maximum absolute atomic E-state index is 11.4. The first-order valence-electron chi connectivity index (χ1n) is 9.00. The Morgan fingerprint density at radius 3 is 2.16 bits per heavy atom. The average molecular weight is 370 g/mol. The smallest absolute Gasteiger partial charge is 0.744 e. The van der Waals surface area contributed by atoms with Crippen molar-refractivity contribution in [2.45, 2.75) is 69.6 Å². The molecule has 25 heavy (non-hydrogen) atoms. The first-order chi connectivity index (χ1) is 11.5. The van der Waals surface area contributed by atoms with Crippen LogP contribution in [0.15, 0.2) is 41.3 Å². The molecule has 2 aromatic rings. The second-order valence-electron chi connectivity index (χ2n) is 6.49. The number of aryl methyl sites for hydroxylation is 1. The zero-order valence-electron chi connectivity index (χ0n) is 15.5. The van der Waals surface area contributed by atoms with E-state index in [1.165, 1.54) is 51.0 Å². The molecule has 0 spiro atoms. The molecule has 3 nitrogen and oxygen atoms in total. The van der Waals surface area contributed by atoms with Crippen LogP contribution < -0.4 is 29.6 Å². The second-order valence-corrected chi connectivity index (χ2v) is 7.84. The molecule has 0 amide bonds. The Labute approximate surface area is 174 Å². The van der Waals surface area contributed by atoms with Crippen LogP contribution in [0.4, 0.5) is 0 Å². The Bertz CT molecular complexity index is 757. The fourth-order valence-corrected chi connectivity index (χ4v) is 3.82. The van der Waals surface area contributed by atoms with Gasteiger partial charge in [-0.05, 0) is 41.3 Å². The molecule has 0 aliphatic rings. The Kier molecular flexibility index (Phi) is 10.3. The zero-order chi connectivity index (χ0) is 17.4. The van der Waals surface area contributed by atoms with Crippen molar-refractivity contribution in [3.63, 3.8) is 0 Å². The van der Waals surface area contributed by atoms with E-state index in [4.69, 9.17) is 0 Å².